The van der Waals surface area contributed by atoms with Crippen LogP contribution in [0.4, 0.5) is 0 Å². The Bertz CT molecular complexity index is 453. The van der Waals surface area contributed by atoms with Gasteiger partial charge in [0.2, 0.25) is 0 Å². The van der Waals surface area contributed by atoms with Crippen molar-refractivity contribution < 1.29 is 9.53 Å². The van der Waals surface area contributed by atoms with Gasteiger partial charge < -0.3 is 10.1 Å². The highest BCUT2D eigenvalue weighted by molar-refractivity contribution is 5.98. The minimum absolute atomic E-state index is 0.214. The Hall–Kier alpha value is -1.39. The Kier molecular flexibility index (Phi) is 3.30. The summed E-state index contributed by atoms with van der Waals surface area (Å²) in [5, 5.41) is 3.29. The summed E-state index contributed by atoms with van der Waals surface area (Å²) in [6.45, 7) is 5.14. The number of ether oxygens (including phenoxy) is 1. The first-order chi connectivity index (χ1) is 8.83. The molecule has 0 bridgehead atoms. The maximum Gasteiger partial charge on any atom is 0.176 e. The van der Waals surface area contributed by atoms with Crippen molar-refractivity contribution in [3.05, 3.63) is 29.3 Å². The standard InChI is InChI=1S/C14H18N2O2/c17-13(10-16-6-4-15-5-7-16)11-1-2-14-12(9-11)3-8-18-14/h1-2,9,15H,3-8,10H2. The minimum Gasteiger partial charge on any atom is -0.493 e. The highest BCUT2D eigenvalue weighted by atomic mass is 16.5. The summed E-state index contributed by atoms with van der Waals surface area (Å²) in [5.41, 5.74) is 1.99. The third-order valence-corrected chi connectivity index (χ3v) is 3.59. The molecule has 96 valence electrons. The molecule has 0 radical (unpaired) electrons. The minimum atomic E-state index is 0.214. The molecule has 4 nitrogen and oxygen atoms in total. The SMILES string of the molecule is O=C(CN1CCNCC1)c1ccc2c(c1)CCO2. The van der Waals surface area contributed by atoms with Gasteiger partial charge in [0.1, 0.15) is 5.75 Å². The zero-order valence-electron chi connectivity index (χ0n) is 10.4. The van der Waals surface area contributed by atoms with E-state index in [1.807, 2.05) is 18.2 Å². The lowest BCUT2D eigenvalue weighted by atomic mass is 10.0. The van der Waals surface area contributed by atoms with E-state index in [-0.39, 0.29) is 5.78 Å². The van der Waals surface area contributed by atoms with Crippen molar-refractivity contribution in [3.63, 3.8) is 0 Å². The maximum absolute atomic E-state index is 12.2. The Morgan fingerprint density at radius 2 is 2.17 bits per heavy atom. The quantitative estimate of drug-likeness (QED) is 0.798. The van der Waals surface area contributed by atoms with Gasteiger partial charge >= 0.3 is 0 Å². The summed E-state index contributed by atoms with van der Waals surface area (Å²) in [7, 11) is 0. The first-order valence-electron chi connectivity index (χ1n) is 6.55. The summed E-state index contributed by atoms with van der Waals surface area (Å²) in [4.78, 5) is 14.4. The van der Waals surface area contributed by atoms with E-state index in [1.54, 1.807) is 0 Å². The molecule has 1 N–H and O–H groups in total. The van der Waals surface area contributed by atoms with E-state index < -0.39 is 0 Å². The lowest BCUT2D eigenvalue weighted by molar-refractivity contribution is 0.0921. The van der Waals surface area contributed by atoms with Crippen molar-refractivity contribution >= 4 is 5.78 Å². The lowest BCUT2D eigenvalue weighted by Crippen LogP contribution is -2.45. The number of benzene rings is 1. The van der Waals surface area contributed by atoms with Gasteiger partial charge in [0.15, 0.2) is 5.78 Å². The van der Waals surface area contributed by atoms with Crippen molar-refractivity contribution in [2.75, 3.05) is 39.3 Å². The van der Waals surface area contributed by atoms with Crippen molar-refractivity contribution in [1.82, 2.24) is 10.2 Å². The smallest absolute Gasteiger partial charge is 0.176 e. The Labute approximate surface area is 107 Å². The molecule has 3 rings (SSSR count). The highest BCUT2D eigenvalue weighted by Gasteiger charge is 2.18. The number of rotatable bonds is 3. The second-order valence-corrected chi connectivity index (χ2v) is 4.87. The first-order valence-corrected chi connectivity index (χ1v) is 6.55. The van der Waals surface area contributed by atoms with Crippen molar-refractivity contribution in [2.45, 2.75) is 6.42 Å². The van der Waals surface area contributed by atoms with E-state index in [0.717, 1.165) is 50.5 Å². The molecule has 1 saturated heterocycles. The average molecular weight is 246 g/mol. The molecule has 0 saturated carbocycles. The summed E-state index contributed by atoms with van der Waals surface area (Å²) < 4.78 is 5.45. The second kappa shape index (κ2) is 5.08. The number of ketones is 1. The third-order valence-electron chi connectivity index (χ3n) is 3.59. The molecule has 18 heavy (non-hydrogen) atoms. The predicted molar refractivity (Wildman–Crippen MR) is 69.3 cm³/mol. The first kappa shape index (κ1) is 11.7. The van der Waals surface area contributed by atoms with Crippen LogP contribution in [0.15, 0.2) is 18.2 Å². The van der Waals surface area contributed by atoms with Crippen LogP contribution in [-0.2, 0) is 6.42 Å². The molecular formula is C14H18N2O2. The largest absolute Gasteiger partial charge is 0.493 e. The van der Waals surface area contributed by atoms with Gasteiger partial charge in [-0.05, 0) is 23.8 Å². The summed E-state index contributed by atoms with van der Waals surface area (Å²) in [6.07, 6.45) is 0.921. The summed E-state index contributed by atoms with van der Waals surface area (Å²) >= 11 is 0. The lowest BCUT2D eigenvalue weighted by Gasteiger charge is -2.26. The summed E-state index contributed by atoms with van der Waals surface area (Å²) in [5.74, 6) is 1.15. The van der Waals surface area contributed by atoms with Crippen LogP contribution in [-0.4, -0.2) is 50.0 Å². The van der Waals surface area contributed by atoms with Crippen LogP contribution in [0.3, 0.4) is 0 Å². The molecule has 1 fully saturated rings. The Morgan fingerprint density at radius 1 is 1.33 bits per heavy atom. The van der Waals surface area contributed by atoms with Gasteiger partial charge in [0.05, 0.1) is 13.2 Å². The zero-order valence-corrected chi connectivity index (χ0v) is 10.4. The van der Waals surface area contributed by atoms with Gasteiger partial charge in [-0.2, -0.15) is 0 Å². The highest BCUT2D eigenvalue weighted by Crippen LogP contribution is 2.26. The van der Waals surface area contributed by atoms with Crippen LogP contribution >= 0.6 is 0 Å². The average Bonchev–Trinajstić information content (AvgIpc) is 2.87. The second-order valence-electron chi connectivity index (χ2n) is 4.87. The van der Waals surface area contributed by atoms with E-state index in [9.17, 15) is 4.79 Å². The van der Waals surface area contributed by atoms with Crippen LogP contribution in [0, 0.1) is 0 Å². The number of Topliss-reactive ketones (excluding diaryl/α,β-unsaturated/α-hetero) is 1. The van der Waals surface area contributed by atoms with Crippen LogP contribution in [0.1, 0.15) is 15.9 Å². The maximum atomic E-state index is 12.2. The van der Waals surface area contributed by atoms with E-state index in [2.05, 4.69) is 10.2 Å². The third kappa shape index (κ3) is 2.40. The number of carbonyl (C=O) groups is 1. The van der Waals surface area contributed by atoms with Crippen LogP contribution in [0.5, 0.6) is 5.75 Å². The van der Waals surface area contributed by atoms with Gasteiger partial charge in [-0.15, -0.1) is 0 Å². The number of hydrogen-bond donors (Lipinski definition) is 1. The van der Waals surface area contributed by atoms with Crippen molar-refractivity contribution in [2.24, 2.45) is 0 Å². The van der Waals surface area contributed by atoms with E-state index >= 15 is 0 Å². The number of hydrogen-bond acceptors (Lipinski definition) is 4. The molecule has 0 aromatic heterocycles. The van der Waals surface area contributed by atoms with E-state index in [1.165, 1.54) is 5.56 Å². The Morgan fingerprint density at radius 3 is 3.00 bits per heavy atom. The zero-order chi connectivity index (χ0) is 12.4. The molecule has 1 aromatic carbocycles. The topological polar surface area (TPSA) is 41.6 Å². The van der Waals surface area contributed by atoms with Crippen LogP contribution in [0.2, 0.25) is 0 Å². The number of fused-ring (bicyclic) bond motifs is 1. The molecule has 0 spiro atoms. The number of nitrogens with zero attached hydrogens (tertiary/aromatic N) is 1. The molecule has 0 atom stereocenters. The van der Waals surface area contributed by atoms with E-state index in [0.29, 0.717) is 6.54 Å². The van der Waals surface area contributed by atoms with Crippen molar-refractivity contribution in [1.29, 1.82) is 0 Å². The Balaban J connectivity index is 1.68. The van der Waals surface area contributed by atoms with Gasteiger partial charge in [0, 0.05) is 38.2 Å². The van der Waals surface area contributed by atoms with Crippen molar-refractivity contribution in [3.8, 4) is 5.75 Å². The van der Waals surface area contributed by atoms with Crippen LogP contribution < -0.4 is 10.1 Å². The number of piperazine rings is 1. The summed E-state index contributed by atoms with van der Waals surface area (Å²) in [6, 6.07) is 5.80. The normalized spacial score (nSPS) is 19.3. The number of nitrogens with one attached hydrogen (secondary N) is 1. The number of carbonyl (C=O) groups excluding carboxylic acids is 1. The van der Waals surface area contributed by atoms with Gasteiger partial charge in [0.25, 0.3) is 0 Å². The fourth-order valence-electron chi connectivity index (χ4n) is 2.52. The van der Waals surface area contributed by atoms with E-state index in [4.69, 9.17) is 4.74 Å². The van der Waals surface area contributed by atoms with Gasteiger partial charge in [-0.25, -0.2) is 0 Å². The molecule has 2 heterocycles. The molecule has 0 unspecified atom stereocenters. The molecular weight excluding hydrogens is 228 g/mol. The molecule has 0 amide bonds. The molecule has 2 aliphatic heterocycles. The van der Waals surface area contributed by atoms with Gasteiger partial charge in [-0.1, -0.05) is 0 Å². The monoisotopic (exact) mass is 246 g/mol. The molecule has 4 heteroatoms. The van der Waals surface area contributed by atoms with Crippen LogP contribution in [0.25, 0.3) is 0 Å². The molecule has 1 aromatic rings. The molecule has 0 aliphatic carbocycles. The fraction of sp³-hybridized carbons (Fsp3) is 0.500. The fourth-order valence-corrected chi connectivity index (χ4v) is 2.52. The predicted octanol–water partition coefficient (Wildman–Crippen LogP) is 0.709. The molecule has 2 aliphatic rings. The van der Waals surface area contributed by atoms with Gasteiger partial charge in [-0.3, -0.25) is 9.69 Å².